The predicted octanol–water partition coefficient (Wildman–Crippen LogP) is 6.52. The lowest BCUT2D eigenvalue weighted by Crippen LogP contribution is -2.32. The lowest BCUT2D eigenvalue weighted by Gasteiger charge is -2.23. The second-order valence-electron chi connectivity index (χ2n) is 8.49. The van der Waals surface area contributed by atoms with Crippen molar-refractivity contribution in [2.24, 2.45) is 5.92 Å². The number of ether oxygens (including phenoxy) is 1. The van der Waals surface area contributed by atoms with E-state index in [1.165, 1.54) is 51.4 Å². The number of esters is 1. The average molecular weight is 398 g/mol. The molecule has 0 fully saturated rings. The van der Waals surface area contributed by atoms with Gasteiger partial charge in [0, 0.05) is 25.9 Å². The molecule has 0 radical (unpaired) electrons. The van der Waals surface area contributed by atoms with Gasteiger partial charge in [0.25, 0.3) is 0 Å². The largest absolute Gasteiger partial charge is 0.465 e. The summed E-state index contributed by atoms with van der Waals surface area (Å²) in [5.74, 6) is 0.500. The Morgan fingerprint density at radius 3 is 1.71 bits per heavy atom. The highest BCUT2D eigenvalue weighted by atomic mass is 16.5. The van der Waals surface area contributed by atoms with E-state index >= 15 is 0 Å². The van der Waals surface area contributed by atoms with Gasteiger partial charge >= 0.3 is 5.97 Å². The van der Waals surface area contributed by atoms with E-state index in [0.717, 1.165) is 38.8 Å². The minimum Gasteiger partial charge on any atom is -0.465 e. The summed E-state index contributed by atoms with van der Waals surface area (Å²) in [5.41, 5.74) is 0. The summed E-state index contributed by atoms with van der Waals surface area (Å²) in [5, 5.41) is 0. The predicted molar refractivity (Wildman–Crippen MR) is 118 cm³/mol. The zero-order valence-electron chi connectivity index (χ0n) is 19.3. The fourth-order valence-electron chi connectivity index (χ4n) is 3.21. The Balaban J connectivity index is 4.12. The lowest BCUT2D eigenvalue weighted by molar-refractivity contribution is -0.145. The highest BCUT2D eigenvalue weighted by molar-refractivity contribution is 5.76. The Labute approximate surface area is 174 Å². The third-order valence-electron chi connectivity index (χ3n) is 5.02. The van der Waals surface area contributed by atoms with Gasteiger partial charge < -0.3 is 9.64 Å². The van der Waals surface area contributed by atoms with Crippen molar-refractivity contribution >= 4 is 11.9 Å². The van der Waals surface area contributed by atoms with E-state index in [0.29, 0.717) is 25.4 Å². The molecule has 0 N–H and O–H groups in total. The zero-order valence-corrected chi connectivity index (χ0v) is 19.3. The number of hydrogen-bond acceptors (Lipinski definition) is 3. The average Bonchev–Trinajstić information content (AvgIpc) is 2.67. The molecule has 0 heterocycles. The highest BCUT2D eigenvalue weighted by Gasteiger charge is 2.13. The van der Waals surface area contributed by atoms with Crippen LogP contribution in [0.15, 0.2) is 0 Å². The van der Waals surface area contributed by atoms with Crippen molar-refractivity contribution in [3.8, 4) is 0 Å². The quantitative estimate of drug-likeness (QED) is 0.184. The summed E-state index contributed by atoms with van der Waals surface area (Å²) in [6, 6.07) is 0. The topological polar surface area (TPSA) is 46.6 Å². The molecule has 4 heteroatoms. The maximum Gasteiger partial charge on any atom is 0.305 e. The summed E-state index contributed by atoms with van der Waals surface area (Å²) < 4.78 is 5.19. The molecule has 0 aliphatic heterocycles. The van der Waals surface area contributed by atoms with Crippen molar-refractivity contribution < 1.29 is 14.3 Å². The van der Waals surface area contributed by atoms with Crippen molar-refractivity contribution in [3.63, 3.8) is 0 Å². The van der Waals surface area contributed by atoms with Crippen LogP contribution in [0.3, 0.4) is 0 Å². The molecular formula is C24H47NO3. The molecule has 4 nitrogen and oxygen atoms in total. The highest BCUT2D eigenvalue weighted by Crippen LogP contribution is 2.11. The monoisotopic (exact) mass is 397 g/mol. The van der Waals surface area contributed by atoms with E-state index in [9.17, 15) is 9.59 Å². The Hall–Kier alpha value is -1.06. The third kappa shape index (κ3) is 17.1. The van der Waals surface area contributed by atoms with E-state index in [-0.39, 0.29) is 11.9 Å². The van der Waals surface area contributed by atoms with Crippen LogP contribution in [0, 0.1) is 5.92 Å². The molecule has 0 aromatic carbocycles. The number of nitrogens with zero attached hydrogens (tertiary/aromatic N) is 1. The number of amides is 1. The summed E-state index contributed by atoms with van der Waals surface area (Å²) in [7, 11) is 0. The first-order valence-electron chi connectivity index (χ1n) is 11.9. The number of rotatable bonds is 19. The smallest absolute Gasteiger partial charge is 0.305 e. The van der Waals surface area contributed by atoms with Gasteiger partial charge in [-0.1, -0.05) is 79.1 Å². The zero-order chi connectivity index (χ0) is 21.0. The van der Waals surface area contributed by atoms with Crippen LogP contribution in [0.5, 0.6) is 0 Å². The third-order valence-corrected chi connectivity index (χ3v) is 5.02. The van der Waals surface area contributed by atoms with Gasteiger partial charge in [-0.3, -0.25) is 9.59 Å². The summed E-state index contributed by atoms with van der Waals surface area (Å²) in [4.78, 5) is 26.4. The van der Waals surface area contributed by atoms with E-state index in [2.05, 4.69) is 18.7 Å². The fraction of sp³-hybridized carbons (Fsp3) is 0.917. The molecule has 1 amide bonds. The van der Waals surface area contributed by atoms with Gasteiger partial charge in [-0.25, -0.2) is 0 Å². The normalized spacial score (nSPS) is 11.0. The molecule has 0 unspecified atom stereocenters. The van der Waals surface area contributed by atoms with E-state index in [4.69, 9.17) is 4.74 Å². The minimum absolute atomic E-state index is 0.134. The molecule has 0 spiro atoms. The number of carbonyl (C=O) groups is 2. The summed E-state index contributed by atoms with van der Waals surface area (Å²) in [6.45, 7) is 10.8. The first kappa shape index (κ1) is 26.9. The molecule has 28 heavy (non-hydrogen) atoms. The summed E-state index contributed by atoms with van der Waals surface area (Å²) in [6.07, 6.45) is 14.8. The lowest BCUT2D eigenvalue weighted by atomic mass is 10.1. The molecule has 0 aromatic heterocycles. The SMILES string of the molecule is CCCCCCCN(CCCCCCC)C(=O)CCCCC(=O)OCC(C)C. The van der Waals surface area contributed by atoms with E-state index in [1.807, 2.05) is 13.8 Å². The standard InChI is InChI=1S/C24H47NO3/c1-5-7-9-11-15-19-25(20-16-12-10-8-6-2)23(26)17-13-14-18-24(27)28-21-22(3)4/h22H,5-21H2,1-4H3. The fourth-order valence-corrected chi connectivity index (χ4v) is 3.21. The van der Waals surface area contributed by atoms with Crippen LogP contribution in [0.25, 0.3) is 0 Å². The Morgan fingerprint density at radius 2 is 1.21 bits per heavy atom. The molecule has 0 atom stereocenters. The van der Waals surface area contributed by atoms with Gasteiger partial charge in [-0.05, 0) is 31.6 Å². The number of unbranched alkanes of at least 4 members (excludes halogenated alkanes) is 9. The molecule has 0 bridgehead atoms. The van der Waals surface area contributed by atoms with Gasteiger partial charge in [-0.2, -0.15) is 0 Å². The maximum atomic E-state index is 12.7. The van der Waals surface area contributed by atoms with Gasteiger partial charge in [0.2, 0.25) is 5.91 Å². The Bertz CT molecular complexity index is 368. The van der Waals surface area contributed by atoms with Crippen LogP contribution in [-0.4, -0.2) is 36.5 Å². The second kappa shape index (κ2) is 19.3. The van der Waals surface area contributed by atoms with Gasteiger partial charge in [0.05, 0.1) is 6.61 Å². The molecule has 0 saturated heterocycles. The second-order valence-corrected chi connectivity index (χ2v) is 8.49. The van der Waals surface area contributed by atoms with Crippen molar-refractivity contribution in [2.75, 3.05) is 19.7 Å². The van der Waals surface area contributed by atoms with Crippen LogP contribution in [0.4, 0.5) is 0 Å². The molecule has 0 rings (SSSR count). The molecular weight excluding hydrogens is 350 g/mol. The van der Waals surface area contributed by atoms with E-state index < -0.39 is 0 Å². The van der Waals surface area contributed by atoms with Crippen molar-refractivity contribution in [1.29, 1.82) is 0 Å². The molecule has 0 aliphatic rings. The van der Waals surface area contributed by atoms with Gasteiger partial charge in [0.1, 0.15) is 0 Å². The number of carbonyl (C=O) groups excluding carboxylic acids is 2. The van der Waals surface area contributed by atoms with Gasteiger partial charge in [-0.15, -0.1) is 0 Å². The van der Waals surface area contributed by atoms with Crippen LogP contribution >= 0.6 is 0 Å². The summed E-state index contributed by atoms with van der Waals surface area (Å²) >= 11 is 0. The van der Waals surface area contributed by atoms with Gasteiger partial charge in [0.15, 0.2) is 0 Å². The van der Waals surface area contributed by atoms with Crippen LogP contribution < -0.4 is 0 Å². The maximum absolute atomic E-state index is 12.7. The van der Waals surface area contributed by atoms with Crippen molar-refractivity contribution in [1.82, 2.24) is 4.90 Å². The van der Waals surface area contributed by atoms with E-state index in [1.54, 1.807) is 0 Å². The minimum atomic E-state index is -0.134. The Kier molecular flexibility index (Phi) is 18.5. The first-order valence-corrected chi connectivity index (χ1v) is 11.9. The first-order chi connectivity index (χ1) is 13.5. The van der Waals surface area contributed by atoms with Crippen molar-refractivity contribution in [2.45, 2.75) is 118 Å². The van der Waals surface area contributed by atoms with Crippen LogP contribution in [-0.2, 0) is 14.3 Å². The van der Waals surface area contributed by atoms with Crippen molar-refractivity contribution in [3.05, 3.63) is 0 Å². The molecule has 0 aliphatic carbocycles. The molecule has 0 aromatic rings. The molecule has 0 saturated carbocycles. The molecule has 166 valence electrons. The van der Waals surface area contributed by atoms with Crippen LogP contribution in [0.2, 0.25) is 0 Å². The van der Waals surface area contributed by atoms with Crippen LogP contribution in [0.1, 0.15) is 118 Å². The number of hydrogen-bond donors (Lipinski definition) is 0. The Morgan fingerprint density at radius 1 is 0.714 bits per heavy atom.